The molecule has 0 saturated carbocycles. The number of fused-ring (bicyclic) bond motifs is 1. The lowest BCUT2D eigenvalue weighted by atomic mass is 10.1. The second-order valence-electron chi connectivity index (χ2n) is 7.63. The van der Waals surface area contributed by atoms with Crippen LogP contribution in [0.5, 0.6) is 5.75 Å². The minimum atomic E-state index is -3.78. The SMILES string of the molecule is COc1ccc(C)cc1NC(=O)CCNS(=O)(=O)c1ccc2c(c1)C[C@@H](C)N2C(C)=O. The molecular formula is C22H27N3O5S. The van der Waals surface area contributed by atoms with Crippen LogP contribution in [0.3, 0.4) is 0 Å². The standard InChI is InChI=1S/C22H27N3O5S/c1-14-5-8-21(30-4)19(11-14)24-22(27)9-10-23-31(28,29)18-6-7-20-17(13-18)12-15(2)25(20)16(3)26/h5-8,11,13,15,23H,9-10,12H2,1-4H3,(H,24,27)/t15-/m1/s1. The van der Waals surface area contributed by atoms with Crippen molar-refractivity contribution in [3.8, 4) is 5.75 Å². The minimum absolute atomic E-state index is 0.0132. The topological polar surface area (TPSA) is 105 Å². The number of amides is 2. The Bertz CT molecular complexity index is 1110. The predicted molar refractivity (Wildman–Crippen MR) is 119 cm³/mol. The molecule has 2 aromatic carbocycles. The summed E-state index contributed by atoms with van der Waals surface area (Å²) < 4.78 is 33.0. The minimum Gasteiger partial charge on any atom is -0.495 e. The van der Waals surface area contributed by atoms with E-state index in [0.717, 1.165) is 16.8 Å². The molecule has 0 saturated heterocycles. The first-order valence-electron chi connectivity index (χ1n) is 9.99. The maximum Gasteiger partial charge on any atom is 0.240 e. The second kappa shape index (κ2) is 9.07. The summed E-state index contributed by atoms with van der Waals surface area (Å²) in [5.41, 5.74) is 3.06. The number of benzene rings is 2. The van der Waals surface area contributed by atoms with Gasteiger partial charge in [-0.3, -0.25) is 9.59 Å². The summed E-state index contributed by atoms with van der Waals surface area (Å²) in [6, 6.07) is 10.1. The van der Waals surface area contributed by atoms with Crippen molar-refractivity contribution in [2.24, 2.45) is 0 Å². The summed E-state index contributed by atoms with van der Waals surface area (Å²) in [5.74, 6) is 0.134. The number of hydrogen-bond donors (Lipinski definition) is 2. The molecule has 0 unspecified atom stereocenters. The molecule has 166 valence electrons. The number of rotatable bonds is 7. The van der Waals surface area contributed by atoms with E-state index in [9.17, 15) is 18.0 Å². The van der Waals surface area contributed by atoms with Gasteiger partial charge < -0.3 is 15.0 Å². The van der Waals surface area contributed by atoms with Gasteiger partial charge in [-0.05, 0) is 61.7 Å². The fraction of sp³-hybridized carbons (Fsp3) is 0.364. The zero-order chi connectivity index (χ0) is 22.8. The highest BCUT2D eigenvalue weighted by molar-refractivity contribution is 7.89. The monoisotopic (exact) mass is 445 g/mol. The fourth-order valence-electron chi connectivity index (χ4n) is 3.77. The number of ether oxygens (including phenoxy) is 1. The van der Waals surface area contributed by atoms with Crippen molar-refractivity contribution in [1.82, 2.24) is 4.72 Å². The molecule has 3 rings (SSSR count). The third-order valence-corrected chi connectivity index (χ3v) is 6.65. The Hall–Kier alpha value is -2.91. The van der Waals surface area contributed by atoms with Crippen molar-refractivity contribution in [3.63, 3.8) is 0 Å². The molecule has 0 aliphatic carbocycles. The third-order valence-electron chi connectivity index (χ3n) is 5.19. The van der Waals surface area contributed by atoms with Gasteiger partial charge in [-0.2, -0.15) is 0 Å². The Balaban J connectivity index is 1.62. The van der Waals surface area contributed by atoms with Crippen molar-refractivity contribution >= 4 is 33.2 Å². The summed E-state index contributed by atoms with van der Waals surface area (Å²) >= 11 is 0. The molecule has 1 aliphatic heterocycles. The van der Waals surface area contributed by atoms with Crippen LogP contribution in [0.4, 0.5) is 11.4 Å². The highest BCUT2D eigenvalue weighted by Crippen LogP contribution is 2.33. The lowest BCUT2D eigenvalue weighted by Gasteiger charge is -2.20. The van der Waals surface area contributed by atoms with Crippen LogP contribution in [0, 0.1) is 6.92 Å². The van der Waals surface area contributed by atoms with Gasteiger partial charge in [0.25, 0.3) is 0 Å². The normalized spacial score (nSPS) is 15.5. The number of sulfonamides is 1. The van der Waals surface area contributed by atoms with E-state index < -0.39 is 10.0 Å². The van der Waals surface area contributed by atoms with Crippen LogP contribution in [0.25, 0.3) is 0 Å². The molecular weight excluding hydrogens is 418 g/mol. The van der Waals surface area contributed by atoms with Crippen LogP contribution in [-0.4, -0.2) is 39.9 Å². The lowest BCUT2D eigenvalue weighted by molar-refractivity contribution is -0.117. The van der Waals surface area contributed by atoms with Gasteiger partial charge in [0.15, 0.2) is 0 Å². The van der Waals surface area contributed by atoms with E-state index in [4.69, 9.17) is 4.74 Å². The Labute approximate surface area is 182 Å². The highest BCUT2D eigenvalue weighted by Gasteiger charge is 2.30. The molecule has 2 aromatic rings. The van der Waals surface area contributed by atoms with E-state index in [1.807, 2.05) is 19.9 Å². The zero-order valence-corrected chi connectivity index (χ0v) is 18.9. The summed E-state index contributed by atoms with van der Waals surface area (Å²) in [7, 11) is -2.27. The highest BCUT2D eigenvalue weighted by atomic mass is 32.2. The van der Waals surface area contributed by atoms with Crippen LogP contribution >= 0.6 is 0 Å². The van der Waals surface area contributed by atoms with Crippen molar-refractivity contribution in [2.75, 3.05) is 23.9 Å². The van der Waals surface area contributed by atoms with Gasteiger partial charge in [-0.1, -0.05) is 6.07 Å². The smallest absolute Gasteiger partial charge is 0.240 e. The number of aryl methyl sites for hydroxylation is 1. The van der Waals surface area contributed by atoms with Gasteiger partial charge in [0, 0.05) is 31.6 Å². The molecule has 8 nitrogen and oxygen atoms in total. The van der Waals surface area contributed by atoms with Gasteiger partial charge >= 0.3 is 0 Å². The molecule has 0 aromatic heterocycles. The molecule has 0 spiro atoms. The number of nitrogens with one attached hydrogen (secondary N) is 2. The molecule has 1 aliphatic rings. The van der Waals surface area contributed by atoms with Gasteiger partial charge in [0.2, 0.25) is 21.8 Å². The Morgan fingerprint density at radius 2 is 1.94 bits per heavy atom. The van der Waals surface area contributed by atoms with E-state index in [0.29, 0.717) is 17.9 Å². The van der Waals surface area contributed by atoms with Crippen molar-refractivity contribution in [2.45, 2.75) is 44.6 Å². The lowest BCUT2D eigenvalue weighted by Crippen LogP contribution is -2.33. The molecule has 9 heteroatoms. The molecule has 2 N–H and O–H groups in total. The Morgan fingerprint density at radius 1 is 1.19 bits per heavy atom. The van der Waals surface area contributed by atoms with E-state index in [2.05, 4.69) is 10.0 Å². The van der Waals surface area contributed by atoms with Crippen LogP contribution in [0.2, 0.25) is 0 Å². The number of carbonyl (C=O) groups excluding carboxylic acids is 2. The number of nitrogens with zero attached hydrogens (tertiary/aromatic N) is 1. The largest absolute Gasteiger partial charge is 0.495 e. The van der Waals surface area contributed by atoms with Crippen LogP contribution in [0.15, 0.2) is 41.3 Å². The first-order valence-corrected chi connectivity index (χ1v) is 11.5. The molecule has 1 atom stereocenters. The maximum atomic E-state index is 12.7. The molecule has 31 heavy (non-hydrogen) atoms. The molecule has 0 fully saturated rings. The quantitative estimate of drug-likeness (QED) is 0.682. The first-order chi connectivity index (χ1) is 14.6. The second-order valence-corrected chi connectivity index (χ2v) is 9.40. The van der Waals surface area contributed by atoms with E-state index in [-0.39, 0.29) is 35.7 Å². The average Bonchev–Trinajstić information content (AvgIpc) is 3.03. The Kier molecular flexibility index (Phi) is 6.66. The van der Waals surface area contributed by atoms with Crippen molar-refractivity contribution < 1.29 is 22.7 Å². The fourth-order valence-corrected chi connectivity index (χ4v) is 4.85. The van der Waals surface area contributed by atoms with E-state index in [1.54, 1.807) is 29.2 Å². The number of hydrogen-bond acceptors (Lipinski definition) is 5. The Morgan fingerprint density at radius 3 is 2.61 bits per heavy atom. The number of carbonyl (C=O) groups is 2. The van der Waals surface area contributed by atoms with Crippen LogP contribution in [-0.2, 0) is 26.0 Å². The van der Waals surface area contributed by atoms with Crippen molar-refractivity contribution in [3.05, 3.63) is 47.5 Å². The first kappa shape index (κ1) is 22.8. The van der Waals surface area contributed by atoms with Crippen molar-refractivity contribution in [1.29, 1.82) is 0 Å². The molecule has 0 radical (unpaired) electrons. The summed E-state index contributed by atoms with van der Waals surface area (Å²) in [6.07, 6.45) is 0.565. The summed E-state index contributed by atoms with van der Waals surface area (Å²) in [5, 5.41) is 2.75. The number of anilines is 2. The van der Waals surface area contributed by atoms with Gasteiger partial charge in [-0.15, -0.1) is 0 Å². The summed E-state index contributed by atoms with van der Waals surface area (Å²) in [4.78, 5) is 25.9. The average molecular weight is 446 g/mol. The van der Waals surface area contributed by atoms with E-state index >= 15 is 0 Å². The van der Waals surface area contributed by atoms with Crippen LogP contribution < -0.4 is 19.7 Å². The molecule has 2 amide bonds. The van der Waals surface area contributed by atoms with Gasteiger partial charge in [0.1, 0.15) is 5.75 Å². The van der Waals surface area contributed by atoms with E-state index in [1.165, 1.54) is 20.1 Å². The number of methoxy groups -OCH3 is 1. The third kappa shape index (κ3) is 5.05. The van der Waals surface area contributed by atoms with Gasteiger partial charge in [-0.25, -0.2) is 13.1 Å². The molecule has 1 heterocycles. The van der Waals surface area contributed by atoms with Gasteiger partial charge in [0.05, 0.1) is 17.7 Å². The van der Waals surface area contributed by atoms with Crippen LogP contribution in [0.1, 0.15) is 31.4 Å². The maximum absolute atomic E-state index is 12.7. The predicted octanol–water partition coefficient (Wildman–Crippen LogP) is 2.61. The summed E-state index contributed by atoms with van der Waals surface area (Å²) in [6.45, 7) is 5.27. The zero-order valence-electron chi connectivity index (χ0n) is 18.1. The molecule has 0 bridgehead atoms.